The van der Waals surface area contributed by atoms with Crippen molar-refractivity contribution in [3.63, 3.8) is 0 Å². The maximum atomic E-state index is 13.1. The highest BCUT2D eigenvalue weighted by Gasteiger charge is 2.24. The molecule has 5 nitrogen and oxygen atoms in total. The summed E-state index contributed by atoms with van der Waals surface area (Å²) in [5.41, 5.74) is 1.73. The van der Waals surface area contributed by atoms with Gasteiger partial charge in [0, 0.05) is 28.6 Å². The molecule has 3 rings (SSSR count). The molecular weight excluding hydrogens is 431 g/mol. The van der Waals surface area contributed by atoms with Crippen LogP contribution < -0.4 is 10.2 Å². The summed E-state index contributed by atoms with van der Waals surface area (Å²) in [5, 5.41) is 5.17. The lowest BCUT2D eigenvalue weighted by Gasteiger charge is -2.22. The topological polar surface area (TPSA) is 58.6 Å². The fraction of sp³-hybridized carbons (Fsp3) is 0.429. The number of nitrogens with zero attached hydrogens (tertiary/aromatic N) is 1. The van der Waals surface area contributed by atoms with Gasteiger partial charge in [0.1, 0.15) is 5.60 Å². The van der Waals surface area contributed by atoms with E-state index in [1.165, 1.54) is 4.88 Å². The second kappa shape index (κ2) is 9.83. The number of benzene rings is 1. The van der Waals surface area contributed by atoms with E-state index in [0.717, 1.165) is 30.5 Å². The normalized spacial score (nSPS) is 13.7. The molecule has 1 N–H and O–H groups in total. The largest absolute Gasteiger partial charge is 0.444 e. The fourth-order valence-corrected chi connectivity index (χ4v) is 4.28. The van der Waals surface area contributed by atoms with Crippen molar-refractivity contribution >= 4 is 53.0 Å². The summed E-state index contributed by atoms with van der Waals surface area (Å²) in [7, 11) is 0. The Balaban J connectivity index is 0.00000300. The zero-order chi connectivity index (χ0) is 20.3. The number of anilines is 1. The lowest BCUT2D eigenvalue weighted by Crippen LogP contribution is -2.32. The molecule has 0 spiro atoms. The summed E-state index contributed by atoms with van der Waals surface area (Å²) in [5.74, 6) is -0.0462. The second-order valence-corrected chi connectivity index (χ2v) is 9.21. The van der Waals surface area contributed by atoms with Gasteiger partial charge in [-0.05, 0) is 69.2 Å². The highest BCUT2D eigenvalue weighted by molar-refractivity contribution is 7.10. The van der Waals surface area contributed by atoms with Gasteiger partial charge in [-0.3, -0.25) is 4.79 Å². The first-order chi connectivity index (χ1) is 13.2. The first-order valence-corrected chi connectivity index (χ1v) is 10.6. The Kier molecular flexibility index (Phi) is 7.97. The first kappa shape index (κ1) is 23.5. The maximum absolute atomic E-state index is 13.1. The molecule has 2 heterocycles. The average Bonchev–Trinajstić information content (AvgIpc) is 2.98. The molecule has 8 heteroatoms. The molecule has 0 aliphatic carbocycles. The van der Waals surface area contributed by atoms with E-state index in [-0.39, 0.29) is 24.9 Å². The summed E-state index contributed by atoms with van der Waals surface area (Å²) in [4.78, 5) is 28.0. The van der Waals surface area contributed by atoms with Crippen molar-refractivity contribution in [1.29, 1.82) is 0 Å². The van der Waals surface area contributed by atoms with Gasteiger partial charge in [0.25, 0.3) is 5.91 Å². The van der Waals surface area contributed by atoms with Crippen molar-refractivity contribution in [2.45, 2.75) is 52.2 Å². The van der Waals surface area contributed by atoms with E-state index in [0.29, 0.717) is 17.1 Å². The summed E-state index contributed by atoms with van der Waals surface area (Å²) in [6, 6.07) is 7.23. The number of fused-ring (bicyclic) bond motifs is 1. The molecule has 0 saturated heterocycles. The van der Waals surface area contributed by atoms with E-state index in [4.69, 9.17) is 16.3 Å². The van der Waals surface area contributed by atoms with Gasteiger partial charge >= 0.3 is 6.09 Å². The molecule has 0 saturated carbocycles. The number of carbonyl (C=O) groups excluding carboxylic acids is 2. The quantitative estimate of drug-likeness (QED) is 0.631. The molecule has 0 atom stereocenters. The Bertz CT molecular complexity index is 877. The smallest absolute Gasteiger partial charge is 0.407 e. The van der Waals surface area contributed by atoms with Crippen LogP contribution in [0, 0.1) is 0 Å². The number of hydrogen-bond acceptors (Lipinski definition) is 4. The van der Waals surface area contributed by atoms with Crippen LogP contribution in [-0.2, 0) is 17.7 Å². The van der Waals surface area contributed by atoms with Crippen molar-refractivity contribution in [3.05, 3.63) is 50.7 Å². The van der Waals surface area contributed by atoms with Crippen LogP contribution in [0.25, 0.3) is 0 Å². The minimum absolute atomic E-state index is 0. The van der Waals surface area contributed by atoms with Crippen LogP contribution in [0.4, 0.5) is 10.5 Å². The average molecular weight is 457 g/mol. The van der Waals surface area contributed by atoms with Gasteiger partial charge in [0.15, 0.2) is 0 Å². The molecule has 0 fully saturated rings. The Labute approximate surface area is 186 Å². The van der Waals surface area contributed by atoms with Crippen LogP contribution in [-0.4, -0.2) is 24.1 Å². The summed E-state index contributed by atoms with van der Waals surface area (Å²) in [6.45, 7) is 6.37. The third-order valence-electron chi connectivity index (χ3n) is 4.42. The van der Waals surface area contributed by atoms with Crippen LogP contribution in [0.3, 0.4) is 0 Å². The van der Waals surface area contributed by atoms with Crippen LogP contribution in [0.5, 0.6) is 0 Å². The molecule has 2 aromatic rings. The number of thiophene rings is 1. The molecule has 158 valence electrons. The maximum Gasteiger partial charge on any atom is 0.407 e. The summed E-state index contributed by atoms with van der Waals surface area (Å²) in [6.07, 6.45) is 2.59. The molecule has 1 aliphatic heterocycles. The van der Waals surface area contributed by atoms with Gasteiger partial charge in [-0.25, -0.2) is 4.79 Å². The van der Waals surface area contributed by atoms with Crippen molar-refractivity contribution in [1.82, 2.24) is 5.32 Å². The second-order valence-electron chi connectivity index (χ2n) is 7.80. The monoisotopic (exact) mass is 456 g/mol. The van der Waals surface area contributed by atoms with Gasteiger partial charge in [-0.2, -0.15) is 0 Å². The Morgan fingerprint density at radius 2 is 2.00 bits per heavy atom. The number of alkyl carbamates (subject to hydrolysis) is 1. The fourth-order valence-electron chi connectivity index (χ4n) is 3.11. The number of carbonyl (C=O) groups is 2. The Morgan fingerprint density at radius 1 is 1.24 bits per heavy atom. The standard InChI is InChI=1S/C21H25ClN2O3S.ClH/c1-21(2,3)27-20(26)23-13-15-8-7-14(12-16(15)22)19(25)24-10-5-4-6-18-17(24)9-11-28-18;/h7-9,11-12H,4-6,10,13H2,1-3H3,(H,23,26);1H. The van der Waals surface area contributed by atoms with Crippen molar-refractivity contribution in [3.8, 4) is 0 Å². The molecule has 0 bridgehead atoms. The number of nitrogens with one attached hydrogen (secondary N) is 1. The van der Waals surface area contributed by atoms with E-state index in [1.807, 2.05) is 37.1 Å². The van der Waals surface area contributed by atoms with E-state index < -0.39 is 11.7 Å². The molecule has 0 radical (unpaired) electrons. The Morgan fingerprint density at radius 3 is 2.69 bits per heavy atom. The first-order valence-electron chi connectivity index (χ1n) is 9.38. The summed E-state index contributed by atoms with van der Waals surface area (Å²) >= 11 is 8.08. The molecule has 29 heavy (non-hydrogen) atoms. The van der Waals surface area contributed by atoms with Crippen LogP contribution in [0.1, 0.15) is 54.4 Å². The number of aryl methyl sites for hydroxylation is 1. The minimum Gasteiger partial charge on any atom is -0.444 e. The van der Waals surface area contributed by atoms with E-state index in [1.54, 1.807) is 29.5 Å². The van der Waals surface area contributed by atoms with Crippen LogP contribution in [0.2, 0.25) is 5.02 Å². The SMILES string of the molecule is CC(C)(C)OC(=O)NCc1ccc(C(=O)N2CCCCc3sccc32)cc1Cl.Cl. The van der Waals surface area contributed by atoms with Gasteiger partial charge in [0.05, 0.1) is 5.69 Å². The third kappa shape index (κ3) is 6.11. The van der Waals surface area contributed by atoms with E-state index in [2.05, 4.69) is 5.32 Å². The van der Waals surface area contributed by atoms with Crippen molar-refractivity contribution in [2.24, 2.45) is 0 Å². The van der Waals surface area contributed by atoms with E-state index in [9.17, 15) is 9.59 Å². The molecular formula is C21H26Cl2N2O3S. The van der Waals surface area contributed by atoms with Gasteiger partial charge < -0.3 is 15.0 Å². The lowest BCUT2D eigenvalue weighted by molar-refractivity contribution is 0.0523. The van der Waals surface area contributed by atoms with Gasteiger partial charge in [-0.15, -0.1) is 23.7 Å². The zero-order valence-electron chi connectivity index (χ0n) is 16.8. The van der Waals surface area contributed by atoms with Gasteiger partial charge in [-0.1, -0.05) is 17.7 Å². The number of amides is 2. The van der Waals surface area contributed by atoms with Crippen molar-refractivity contribution < 1.29 is 14.3 Å². The highest BCUT2D eigenvalue weighted by Crippen LogP contribution is 2.32. The lowest BCUT2D eigenvalue weighted by atomic mass is 10.1. The number of halogens is 2. The number of rotatable bonds is 3. The molecule has 1 aromatic heterocycles. The van der Waals surface area contributed by atoms with E-state index >= 15 is 0 Å². The number of ether oxygens (including phenoxy) is 1. The molecule has 1 aromatic carbocycles. The van der Waals surface area contributed by atoms with Crippen molar-refractivity contribution in [2.75, 3.05) is 11.4 Å². The number of hydrogen-bond donors (Lipinski definition) is 1. The Hall–Kier alpha value is -1.76. The highest BCUT2D eigenvalue weighted by atomic mass is 35.5. The minimum atomic E-state index is -0.558. The summed E-state index contributed by atoms with van der Waals surface area (Å²) < 4.78 is 5.23. The predicted molar refractivity (Wildman–Crippen MR) is 121 cm³/mol. The van der Waals surface area contributed by atoms with Crippen LogP contribution in [0.15, 0.2) is 29.6 Å². The molecule has 1 aliphatic rings. The molecule has 2 amide bonds. The third-order valence-corrected chi connectivity index (χ3v) is 5.74. The predicted octanol–water partition coefficient (Wildman–Crippen LogP) is 5.83. The zero-order valence-corrected chi connectivity index (χ0v) is 19.2. The molecule has 0 unspecified atom stereocenters. The van der Waals surface area contributed by atoms with Crippen LogP contribution >= 0.6 is 35.3 Å². The van der Waals surface area contributed by atoms with Gasteiger partial charge in [0.2, 0.25) is 0 Å².